The van der Waals surface area contributed by atoms with Gasteiger partial charge in [0, 0.05) is 43.6 Å². The van der Waals surface area contributed by atoms with Crippen molar-refractivity contribution in [1.82, 2.24) is 20.3 Å². The summed E-state index contributed by atoms with van der Waals surface area (Å²) >= 11 is 6.31. The molecule has 1 saturated heterocycles. The molecule has 0 saturated carbocycles. The zero-order valence-electron chi connectivity index (χ0n) is 14.7. The molecule has 27 heavy (non-hydrogen) atoms. The summed E-state index contributed by atoms with van der Waals surface area (Å²) in [6, 6.07) is 14.3. The highest BCUT2D eigenvalue weighted by atomic mass is 35.5. The van der Waals surface area contributed by atoms with Gasteiger partial charge >= 0.3 is 0 Å². The molecule has 6 nitrogen and oxygen atoms in total. The number of nitrogens with zero attached hydrogens (tertiary/aromatic N) is 3. The van der Waals surface area contributed by atoms with E-state index < -0.39 is 0 Å². The molecule has 0 aliphatic carbocycles. The van der Waals surface area contributed by atoms with E-state index in [1.54, 1.807) is 12.4 Å². The number of aromatic amines is 1. The van der Waals surface area contributed by atoms with Crippen molar-refractivity contribution in [3.05, 3.63) is 75.8 Å². The number of piperazine rings is 1. The van der Waals surface area contributed by atoms with Gasteiger partial charge in [0.2, 0.25) is 0 Å². The molecule has 0 bridgehead atoms. The van der Waals surface area contributed by atoms with Crippen molar-refractivity contribution in [2.45, 2.75) is 12.5 Å². The van der Waals surface area contributed by atoms with Crippen LogP contribution in [0.2, 0.25) is 5.02 Å². The van der Waals surface area contributed by atoms with E-state index >= 15 is 0 Å². The van der Waals surface area contributed by atoms with E-state index in [0.717, 1.165) is 31.6 Å². The third-order valence-electron chi connectivity index (χ3n) is 4.68. The fraction of sp³-hybridized carbons (Fsp3) is 0.250. The first-order valence-corrected chi connectivity index (χ1v) is 9.31. The van der Waals surface area contributed by atoms with Crippen molar-refractivity contribution in [3.8, 4) is 11.4 Å². The number of rotatable bonds is 4. The van der Waals surface area contributed by atoms with Crippen LogP contribution in [-0.2, 0) is 6.42 Å². The maximum atomic E-state index is 12.4. The summed E-state index contributed by atoms with van der Waals surface area (Å²) in [7, 11) is 0. The van der Waals surface area contributed by atoms with Gasteiger partial charge in [-0.3, -0.25) is 9.78 Å². The maximum absolute atomic E-state index is 12.4. The number of H-pyrrole nitrogens is 1. The first-order chi connectivity index (χ1) is 13.2. The molecule has 0 amide bonds. The molecule has 1 aliphatic heterocycles. The minimum absolute atomic E-state index is 0.133. The van der Waals surface area contributed by atoms with Crippen LogP contribution < -0.4 is 15.8 Å². The molecule has 3 heterocycles. The van der Waals surface area contributed by atoms with E-state index in [2.05, 4.69) is 37.3 Å². The Morgan fingerprint density at radius 1 is 1.15 bits per heavy atom. The van der Waals surface area contributed by atoms with Crippen LogP contribution in [0.5, 0.6) is 0 Å². The average molecular weight is 382 g/mol. The highest BCUT2D eigenvalue weighted by Gasteiger charge is 2.24. The standard InChI is InChI=1S/C20H20ClN5O/c21-17-19(24-18(25-20(17)27)15-6-8-22-9-7-15)26-11-10-23-16(13-26)12-14-4-2-1-3-5-14/h1-9,16,23H,10-13H2,(H,24,25,27)/t16-/m0/s1. The Hall–Kier alpha value is -2.70. The van der Waals surface area contributed by atoms with Gasteiger partial charge in [-0.05, 0) is 24.1 Å². The lowest BCUT2D eigenvalue weighted by molar-refractivity contribution is 0.452. The molecular formula is C20H20ClN5O. The minimum Gasteiger partial charge on any atom is -0.352 e. The number of nitrogens with one attached hydrogen (secondary N) is 2. The molecule has 1 atom stereocenters. The second-order valence-electron chi connectivity index (χ2n) is 6.57. The van der Waals surface area contributed by atoms with Gasteiger partial charge in [0.25, 0.3) is 5.56 Å². The number of halogens is 1. The van der Waals surface area contributed by atoms with Gasteiger partial charge in [-0.25, -0.2) is 4.98 Å². The zero-order chi connectivity index (χ0) is 18.6. The van der Waals surface area contributed by atoms with Crippen LogP contribution in [0.3, 0.4) is 0 Å². The third kappa shape index (κ3) is 4.02. The maximum Gasteiger partial charge on any atom is 0.272 e. The van der Waals surface area contributed by atoms with Crippen molar-refractivity contribution >= 4 is 17.4 Å². The van der Waals surface area contributed by atoms with Gasteiger partial charge in [-0.1, -0.05) is 41.9 Å². The van der Waals surface area contributed by atoms with Crippen molar-refractivity contribution in [1.29, 1.82) is 0 Å². The number of aromatic nitrogens is 3. The molecular weight excluding hydrogens is 362 g/mol. The average Bonchev–Trinajstić information content (AvgIpc) is 2.71. The van der Waals surface area contributed by atoms with Crippen molar-refractivity contribution in [2.75, 3.05) is 24.5 Å². The first kappa shape index (κ1) is 17.7. The van der Waals surface area contributed by atoms with Crippen LogP contribution >= 0.6 is 11.6 Å². The highest BCUT2D eigenvalue weighted by Crippen LogP contribution is 2.24. The first-order valence-electron chi connectivity index (χ1n) is 8.93. The summed E-state index contributed by atoms with van der Waals surface area (Å²) in [5.41, 5.74) is 1.75. The lowest BCUT2D eigenvalue weighted by Gasteiger charge is -2.35. The summed E-state index contributed by atoms with van der Waals surface area (Å²) in [5.74, 6) is 1.03. The Morgan fingerprint density at radius 2 is 1.93 bits per heavy atom. The van der Waals surface area contributed by atoms with E-state index in [1.807, 2.05) is 30.3 Å². The summed E-state index contributed by atoms with van der Waals surface area (Å²) < 4.78 is 0. The van der Waals surface area contributed by atoms with Crippen molar-refractivity contribution < 1.29 is 0 Å². The lowest BCUT2D eigenvalue weighted by atomic mass is 10.0. The molecule has 1 aliphatic rings. The Morgan fingerprint density at radius 3 is 2.70 bits per heavy atom. The number of hydrogen-bond acceptors (Lipinski definition) is 5. The van der Waals surface area contributed by atoms with Crippen molar-refractivity contribution in [3.63, 3.8) is 0 Å². The molecule has 3 aromatic rings. The lowest BCUT2D eigenvalue weighted by Crippen LogP contribution is -2.52. The molecule has 1 fully saturated rings. The number of anilines is 1. The molecule has 2 aromatic heterocycles. The zero-order valence-corrected chi connectivity index (χ0v) is 15.5. The topological polar surface area (TPSA) is 73.9 Å². The highest BCUT2D eigenvalue weighted by molar-refractivity contribution is 6.32. The number of hydrogen-bond donors (Lipinski definition) is 2. The van der Waals surface area contributed by atoms with Crippen LogP contribution in [0.15, 0.2) is 59.7 Å². The quantitative estimate of drug-likeness (QED) is 0.726. The predicted molar refractivity (Wildman–Crippen MR) is 107 cm³/mol. The number of pyridine rings is 1. The Kier molecular flexibility index (Phi) is 5.18. The van der Waals surface area contributed by atoms with Crippen LogP contribution in [0.1, 0.15) is 5.56 Å². The molecule has 1 aromatic carbocycles. The molecule has 138 valence electrons. The van der Waals surface area contributed by atoms with Crippen LogP contribution in [0, 0.1) is 0 Å². The van der Waals surface area contributed by atoms with E-state index in [4.69, 9.17) is 11.6 Å². The predicted octanol–water partition coefficient (Wildman–Crippen LogP) is 2.51. The largest absolute Gasteiger partial charge is 0.352 e. The van der Waals surface area contributed by atoms with Gasteiger partial charge in [0.15, 0.2) is 5.82 Å². The monoisotopic (exact) mass is 381 g/mol. The Bertz CT molecular complexity index is 961. The van der Waals surface area contributed by atoms with E-state index in [1.165, 1.54) is 5.56 Å². The van der Waals surface area contributed by atoms with Crippen LogP contribution in [0.4, 0.5) is 5.82 Å². The van der Waals surface area contributed by atoms with Gasteiger partial charge in [0.1, 0.15) is 10.8 Å². The van der Waals surface area contributed by atoms with E-state index in [0.29, 0.717) is 11.6 Å². The van der Waals surface area contributed by atoms with Gasteiger partial charge < -0.3 is 15.2 Å². The minimum atomic E-state index is -0.327. The Balaban J connectivity index is 1.60. The van der Waals surface area contributed by atoms with Gasteiger partial charge in [-0.2, -0.15) is 0 Å². The normalized spacial score (nSPS) is 17.1. The molecule has 4 rings (SSSR count). The van der Waals surface area contributed by atoms with Crippen LogP contribution in [0.25, 0.3) is 11.4 Å². The SMILES string of the molecule is O=c1[nH]c(-c2ccncc2)nc(N2CCN[C@@H](Cc3ccccc3)C2)c1Cl. The van der Waals surface area contributed by atoms with Crippen molar-refractivity contribution in [2.24, 2.45) is 0 Å². The van der Waals surface area contributed by atoms with E-state index in [-0.39, 0.29) is 16.6 Å². The summed E-state index contributed by atoms with van der Waals surface area (Å²) in [6.45, 7) is 2.30. The third-order valence-corrected chi connectivity index (χ3v) is 5.02. The molecule has 7 heteroatoms. The second-order valence-corrected chi connectivity index (χ2v) is 6.95. The summed E-state index contributed by atoms with van der Waals surface area (Å²) in [4.78, 5) is 25.9. The molecule has 2 N–H and O–H groups in total. The molecule has 0 unspecified atom stereocenters. The van der Waals surface area contributed by atoms with Gasteiger partial charge in [-0.15, -0.1) is 0 Å². The fourth-order valence-electron chi connectivity index (χ4n) is 3.36. The molecule has 0 radical (unpaired) electrons. The Labute approximate surface area is 162 Å². The fourth-order valence-corrected chi connectivity index (χ4v) is 3.57. The smallest absolute Gasteiger partial charge is 0.272 e. The van der Waals surface area contributed by atoms with E-state index in [9.17, 15) is 4.79 Å². The molecule has 0 spiro atoms. The van der Waals surface area contributed by atoms with Crippen LogP contribution in [-0.4, -0.2) is 40.6 Å². The second kappa shape index (κ2) is 7.90. The number of benzene rings is 1. The van der Waals surface area contributed by atoms with Gasteiger partial charge in [0.05, 0.1) is 0 Å². The summed E-state index contributed by atoms with van der Waals surface area (Å²) in [6.07, 6.45) is 4.25. The summed E-state index contributed by atoms with van der Waals surface area (Å²) in [5, 5.41) is 3.67.